The summed E-state index contributed by atoms with van der Waals surface area (Å²) in [6, 6.07) is 0. The molecule has 0 aromatic heterocycles. The number of carbonyl (C=O) groups excluding carboxylic acids is 1. The van der Waals surface area contributed by atoms with Gasteiger partial charge in [-0.25, -0.2) is 0 Å². The first kappa shape index (κ1) is 16.5. The maximum atomic E-state index is 9.54. The van der Waals surface area contributed by atoms with E-state index in [1.54, 1.807) is 0 Å². The molecule has 9 heavy (non-hydrogen) atoms. The number of carbonyl (C=O) groups is 1. The number of hydrogen-bond acceptors (Lipinski definition) is 3. The minimum atomic E-state index is -1.21. The first-order valence-electron chi connectivity index (χ1n) is 2.01. The first-order valence-corrected chi connectivity index (χ1v) is 2.01. The third-order valence-corrected chi connectivity index (χ3v) is 0.462. The Morgan fingerprint density at radius 3 is 2.11 bits per heavy atom. The summed E-state index contributed by atoms with van der Waals surface area (Å²) < 4.78 is 0. The molecule has 5 heteroatoms. The molecule has 0 saturated carbocycles. The van der Waals surface area contributed by atoms with Gasteiger partial charge in [0.15, 0.2) is 0 Å². The van der Waals surface area contributed by atoms with Gasteiger partial charge in [0.25, 0.3) is 0 Å². The predicted molar refractivity (Wildman–Crippen MR) is 24.9 cm³/mol. The molecule has 0 fully saturated rings. The molecule has 0 aliphatic carbocycles. The van der Waals surface area contributed by atoms with Crippen LogP contribution in [0.15, 0.2) is 0 Å². The van der Waals surface area contributed by atoms with Crippen LogP contribution in [0.1, 0.15) is 13.3 Å². The molecule has 3 N–H and O–H groups in total. The van der Waals surface area contributed by atoms with E-state index in [1.165, 1.54) is 6.92 Å². The second kappa shape index (κ2) is 9.03. The van der Waals surface area contributed by atoms with Crippen LogP contribution in [0.4, 0.5) is 0 Å². The van der Waals surface area contributed by atoms with Crippen molar-refractivity contribution in [3.05, 3.63) is 0 Å². The van der Waals surface area contributed by atoms with Crippen molar-refractivity contribution < 1.29 is 71.9 Å². The second-order valence-corrected chi connectivity index (χ2v) is 1.43. The van der Waals surface area contributed by atoms with Gasteiger partial charge in [-0.15, -0.1) is 0 Å². The summed E-state index contributed by atoms with van der Waals surface area (Å²) in [6.45, 7) is 1.40. The van der Waals surface area contributed by atoms with Gasteiger partial charge in [0.05, 0.1) is 6.10 Å². The molecule has 0 spiro atoms. The molecule has 0 aliphatic rings. The Labute approximate surface area is 96.0 Å². The van der Waals surface area contributed by atoms with E-state index in [0.29, 0.717) is 0 Å². The van der Waals surface area contributed by atoms with Crippen molar-refractivity contribution in [2.24, 2.45) is 0 Å². The van der Waals surface area contributed by atoms with Gasteiger partial charge in [-0.3, -0.25) is 0 Å². The van der Waals surface area contributed by atoms with E-state index in [-0.39, 0.29) is 63.3 Å². The fourth-order valence-electron chi connectivity index (χ4n) is 0.241. The molecule has 0 aromatic carbocycles. The Hall–Kier alpha value is 1.03. The molecule has 0 rings (SSSR count). The maximum Gasteiger partial charge on any atom is 1.00 e. The van der Waals surface area contributed by atoms with E-state index >= 15 is 0 Å². The number of hydrogen-bond donors (Lipinski definition) is 1. The van der Waals surface area contributed by atoms with Crippen molar-refractivity contribution in [3.63, 3.8) is 0 Å². The normalized spacial score (nSPS) is 10.4. The number of aliphatic hydroxyl groups is 1. The summed E-state index contributed by atoms with van der Waals surface area (Å²) in [4.78, 5) is 9.54. The van der Waals surface area contributed by atoms with Gasteiger partial charge in [0, 0.05) is 12.4 Å². The van der Waals surface area contributed by atoms with Crippen LogP contribution in [-0.2, 0) is 4.79 Å². The van der Waals surface area contributed by atoms with Gasteiger partial charge in [-0.1, -0.05) is 0 Å². The number of carboxylic acid groups (broad SMARTS) is 1. The van der Waals surface area contributed by atoms with Crippen LogP contribution in [-0.4, -0.2) is 22.7 Å². The zero-order valence-electron chi connectivity index (χ0n) is 5.55. The number of aliphatic hydroxyl groups excluding tert-OH is 1. The van der Waals surface area contributed by atoms with Crippen molar-refractivity contribution in [1.82, 2.24) is 0 Å². The van der Waals surface area contributed by atoms with Crippen LogP contribution in [0.2, 0.25) is 0 Å². The van der Waals surface area contributed by atoms with E-state index < -0.39 is 12.1 Å². The van der Waals surface area contributed by atoms with E-state index in [0.717, 1.165) is 0 Å². The fourth-order valence-corrected chi connectivity index (χ4v) is 0.241. The average molecular weight is 160 g/mol. The van der Waals surface area contributed by atoms with Crippen LogP contribution in [0, 0.1) is 0 Å². The van der Waals surface area contributed by atoms with Crippen molar-refractivity contribution in [2.45, 2.75) is 19.4 Å². The molecular weight excluding hydrogens is 151 g/mol. The van der Waals surface area contributed by atoms with Gasteiger partial charge in [0.1, 0.15) is 0 Å². The fraction of sp³-hybridized carbons (Fsp3) is 0.750. The first-order chi connectivity index (χ1) is 3.13. The molecule has 0 amide bonds. The van der Waals surface area contributed by atoms with Crippen molar-refractivity contribution in [2.75, 3.05) is 0 Å². The second-order valence-electron chi connectivity index (χ2n) is 1.43. The topological polar surface area (TPSA) is 91.9 Å². The quantitative estimate of drug-likeness (QED) is 0.409. The third kappa shape index (κ3) is 17.6. The molecular formula is C4H9KO4. The van der Waals surface area contributed by atoms with Crippen LogP contribution in [0.25, 0.3) is 0 Å². The van der Waals surface area contributed by atoms with Gasteiger partial charge < -0.3 is 20.5 Å². The Kier molecular flexibility index (Phi) is 16.6. The zero-order chi connectivity index (χ0) is 5.86. The minimum absolute atomic E-state index is 0. The molecule has 0 unspecified atom stereocenters. The van der Waals surface area contributed by atoms with Crippen molar-refractivity contribution >= 4 is 5.97 Å². The summed E-state index contributed by atoms with van der Waals surface area (Å²) in [6.07, 6.45) is -1.06. The number of carboxylic acids is 1. The van der Waals surface area contributed by atoms with E-state index in [9.17, 15) is 9.90 Å². The average Bonchev–Trinajstić information content (AvgIpc) is 1.27. The maximum absolute atomic E-state index is 9.54. The Morgan fingerprint density at radius 2 is 2.11 bits per heavy atom. The molecule has 0 bridgehead atoms. The van der Waals surface area contributed by atoms with Crippen LogP contribution in [0.3, 0.4) is 0 Å². The molecule has 0 aromatic rings. The standard InChI is InChI=1S/C4H8O3.K.H2O/c1-3(5)2-4(6)7;;/h3,5H,2H2,1H3,(H,6,7);;1H2/q;+1;/p-1/t3-;;/m1../s1. The molecule has 0 radical (unpaired) electrons. The van der Waals surface area contributed by atoms with Gasteiger partial charge in [-0.2, -0.15) is 0 Å². The van der Waals surface area contributed by atoms with Gasteiger partial charge in [0.2, 0.25) is 0 Å². The summed E-state index contributed by atoms with van der Waals surface area (Å²) in [5, 5.41) is 17.8. The molecule has 0 aliphatic heterocycles. The van der Waals surface area contributed by atoms with Crippen molar-refractivity contribution in [1.29, 1.82) is 0 Å². The summed E-state index contributed by atoms with van der Waals surface area (Å²) in [7, 11) is 0. The Balaban J connectivity index is -0.000000180. The zero-order valence-corrected chi connectivity index (χ0v) is 8.67. The Bertz CT molecular complexity index is 73.0. The molecule has 0 heterocycles. The SMILES string of the molecule is C[C@@H](O)CC(=O)[O-].O.[K+]. The Morgan fingerprint density at radius 1 is 1.78 bits per heavy atom. The van der Waals surface area contributed by atoms with Crippen LogP contribution < -0.4 is 56.5 Å². The van der Waals surface area contributed by atoms with Gasteiger partial charge in [-0.05, 0) is 6.92 Å². The number of aliphatic carboxylic acids is 1. The van der Waals surface area contributed by atoms with E-state index in [2.05, 4.69) is 0 Å². The van der Waals surface area contributed by atoms with E-state index in [1.807, 2.05) is 0 Å². The van der Waals surface area contributed by atoms with Crippen molar-refractivity contribution in [3.8, 4) is 0 Å². The molecule has 50 valence electrons. The molecule has 1 atom stereocenters. The number of rotatable bonds is 2. The van der Waals surface area contributed by atoms with E-state index in [4.69, 9.17) is 5.11 Å². The minimum Gasteiger partial charge on any atom is -0.550 e. The monoisotopic (exact) mass is 160 g/mol. The largest absolute Gasteiger partial charge is 1.00 e. The molecule has 4 nitrogen and oxygen atoms in total. The predicted octanol–water partition coefficient (Wildman–Crippen LogP) is -5.31. The summed E-state index contributed by atoms with van der Waals surface area (Å²) in [5.41, 5.74) is 0. The third-order valence-electron chi connectivity index (χ3n) is 0.462. The van der Waals surface area contributed by atoms with Gasteiger partial charge >= 0.3 is 51.4 Å². The molecule has 0 saturated heterocycles. The summed E-state index contributed by atoms with van der Waals surface area (Å²) in [5.74, 6) is -1.21. The van der Waals surface area contributed by atoms with Crippen LogP contribution >= 0.6 is 0 Å². The summed E-state index contributed by atoms with van der Waals surface area (Å²) >= 11 is 0. The smallest absolute Gasteiger partial charge is 0.550 e. The van der Waals surface area contributed by atoms with Crippen LogP contribution in [0.5, 0.6) is 0 Å².